The molecule has 128 valence electrons. The smallest absolute Gasteiger partial charge is 0.222 e. The Morgan fingerprint density at radius 1 is 0.920 bits per heavy atom. The summed E-state index contributed by atoms with van der Waals surface area (Å²) in [5.41, 5.74) is 2.27. The maximum atomic E-state index is 12.5. The van der Waals surface area contributed by atoms with Gasteiger partial charge in [0, 0.05) is 19.5 Å². The van der Waals surface area contributed by atoms with Crippen molar-refractivity contribution in [3.63, 3.8) is 0 Å². The van der Waals surface area contributed by atoms with Crippen molar-refractivity contribution in [2.24, 2.45) is 0 Å². The Labute approximate surface area is 148 Å². The minimum absolute atomic E-state index is 0.156. The van der Waals surface area contributed by atoms with Crippen molar-refractivity contribution in [1.82, 2.24) is 4.90 Å². The third-order valence-electron chi connectivity index (χ3n) is 4.43. The zero-order valence-corrected chi connectivity index (χ0v) is 14.7. The largest absolute Gasteiger partial charge is 0.497 e. The molecule has 1 amide bonds. The fourth-order valence-corrected chi connectivity index (χ4v) is 3.04. The molecule has 3 aromatic carbocycles. The monoisotopic (exact) mass is 333 g/mol. The highest BCUT2D eigenvalue weighted by atomic mass is 16.5. The Kier molecular flexibility index (Phi) is 5.34. The van der Waals surface area contributed by atoms with E-state index in [0.717, 1.165) is 11.3 Å². The Morgan fingerprint density at radius 2 is 1.64 bits per heavy atom. The van der Waals surface area contributed by atoms with E-state index in [2.05, 4.69) is 30.3 Å². The first kappa shape index (κ1) is 17.0. The molecule has 0 N–H and O–H groups in total. The molecule has 0 heterocycles. The molecule has 0 atom stereocenters. The molecule has 0 aliphatic heterocycles. The minimum Gasteiger partial charge on any atom is -0.497 e. The molecule has 25 heavy (non-hydrogen) atoms. The van der Waals surface area contributed by atoms with Crippen molar-refractivity contribution in [2.75, 3.05) is 7.11 Å². The van der Waals surface area contributed by atoms with Gasteiger partial charge in [0.25, 0.3) is 0 Å². The zero-order valence-electron chi connectivity index (χ0n) is 14.7. The van der Waals surface area contributed by atoms with Gasteiger partial charge in [-0.2, -0.15) is 0 Å². The first-order valence-electron chi connectivity index (χ1n) is 8.58. The molecule has 0 fully saturated rings. The average molecular weight is 333 g/mol. The first-order valence-corrected chi connectivity index (χ1v) is 8.58. The van der Waals surface area contributed by atoms with Crippen LogP contribution in [0.3, 0.4) is 0 Å². The second kappa shape index (κ2) is 7.84. The second-order valence-electron chi connectivity index (χ2n) is 6.09. The summed E-state index contributed by atoms with van der Waals surface area (Å²) in [6.45, 7) is 3.12. The molecule has 3 aromatic rings. The van der Waals surface area contributed by atoms with Crippen molar-refractivity contribution >= 4 is 16.7 Å². The molecule has 0 unspecified atom stereocenters. The van der Waals surface area contributed by atoms with E-state index in [1.165, 1.54) is 16.3 Å². The SMILES string of the molecule is CCC(=O)N(Cc1ccc(OC)cc1)Cc1cccc2ccccc12. The molecular weight excluding hydrogens is 310 g/mol. The lowest BCUT2D eigenvalue weighted by molar-refractivity contribution is -0.132. The third kappa shape index (κ3) is 4.00. The van der Waals surface area contributed by atoms with Gasteiger partial charge in [-0.05, 0) is 34.0 Å². The summed E-state index contributed by atoms with van der Waals surface area (Å²) >= 11 is 0. The average Bonchev–Trinajstić information content (AvgIpc) is 2.67. The van der Waals surface area contributed by atoms with E-state index in [4.69, 9.17) is 4.74 Å². The van der Waals surface area contributed by atoms with Crippen LogP contribution in [0, 0.1) is 0 Å². The highest BCUT2D eigenvalue weighted by Crippen LogP contribution is 2.22. The van der Waals surface area contributed by atoms with Gasteiger partial charge in [0.2, 0.25) is 5.91 Å². The fraction of sp³-hybridized carbons (Fsp3) is 0.227. The normalized spacial score (nSPS) is 10.6. The van der Waals surface area contributed by atoms with E-state index in [0.29, 0.717) is 19.5 Å². The van der Waals surface area contributed by atoms with Gasteiger partial charge in [-0.1, -0.05) is 61.5 Å². The molecule has 0 radical (unpaired) electrons. The molecule has 3 rings (SSSR count). The van der Waals surface area contributed by atoms with Gasteiger partial charge in [0.05, 0.1) is 7.11 Å². The number of amides is 1. The van der Waals surface area contributed by atoms with E-state index >= 15 is 0 Å². The molecule has 0 aliphatic carbocycles. The summed E-state index contributed by atoms with van der Waals surface area (Å²) in [6, 6.07) is 22.5. The number of carbonyl (C=O) groups excluding carboxylic acids is 1. The van der Waals surface area contributed by atoms with Gasteiger partial charge >= 0.3 is 0 Å². The van der Waals surface area contributed by atoms with Crippen LogP contribution in [-0.4, -0.2) is 17.9 Å². The summed E-state index contributed by atoms with van der Waals surface area (Å²) in [5.74, 6) is 0.981. The van der Waals surface area contributed by atoms with E-state index < -0.39 is 0 Å². The van der Waals surface area contributed by atoms with Crippen LogP contribution in [-0.2, 0) is 17.9 Å². The molecular formula is C22H23NO2. The van der Waals surface area contributed by atoms with E-state index in [1.54, 1.807) is 7.11 Å². The van der Waals surface area contributed by atoms with Crippen molar-refractivity contribution in [3.8, 4) is 5.75 Å². The number of carbonyl (C=O) groups is 1. The van der Waals surface area contributed by atoms with E-state index in [1.807, 2.05) is 48.2 Å². The standard InChI is InChI=1S/C22H23NO2/c1-3-22(24)23(15-17-11-13-20(25-2)14-12-17)16-19-9-6-8-18-7-4-5-10-21(18)19/h4-14H,3,15-16H2,1-2H3. The zero-order chi connectivity index (χ0) is 17.6. The van der Waals surface area contributed by atoms with Crippen molar-refractivity contribution in [3.05, 3.63) is 77.9 Å². The number of rotatable bonds is 6. The molecule has 0 aromatic heterocycles. The fourth-order valence-electron chi connectivity index (χ4n) is 3.04. The lowest BCUT2D eigenvalue weighted by atomic mass is 10.0. The predicted molar refractivity (Wildman–Crippen MR) is 101 cm³/mol. The number of ether oxygens (including phenoxy) is 1. The van der Waals surface area contributed by atoms with Gasteiger partial charge in [-0.3, -0.25) is 4.79 Å². The van der Waals surface area contributed by atoms with Gasteiger partial charge < -0.3 is 9.64 Å². The molecule has 0 spiro atoms. The van der Waals surface area contributed by atoms with Crippen LogP contribution in [0.2, 0.25) is 0 Å². The number of fused-ring (bicyclic) bond motifs is 1. The summed E-state index contributed by atoms with van der Waals surface area (Å²) in [5, 5.41) is 2.40. The van der Waals surface area contributed by atoms with Crippen LogP contribution in [0.1, 0.15) is 24.5 Å². The number of hydrogen-bond donors (Lipinski definition) is 0. The lowest BCUT2D eigenvalue weighted by Crippen LogP contribution is -2.29. The van der Waals surface area contributed by atoms with Crippen LogP contribution in [0.15, 0.2) is 66.7 Å². The third-order valence-corrected chi connectivity index (χ3v) is 4.43. The molecule has 0 aliphatic rings. The van der Waals surface area contributed by atoms with E-state index in [-0.39, 0.29) is 5.91 Å². The van der Waals surface area contributed by atoms with Crippen LogP contribution < -0.4 is 4.74 Å². The Morgan fingerprint density at radius 3 is 2.36 bits per heavy atom. The second-order valence-corrected chi connectivity index (χ2v) is 6.09. The van der Waals surface area contributed by atoms with Crippen LogP contribution in [0.4, 0.5) is 0 Å². The highest BCUT2D eigenvalue weighted by molar-refractivity contribution is 5.86. The quantitative estimate of drug-likeness (QED) is 0.649. The van der Waals surface area contributed by atoms with Crippen molar-refractivity contribution in [1.29, 1.82) is 0 Å². The molecule has 0 saturated heterocycles. The Hall–Kier alpha value is -2.81. The highest BCUT2D eigenvalue weighted by Gasteiger charge is 2.14. The Bertz CT molecular complexity index is 850. The van der Waals surface area contributed by atoms with Gasteiger partial charge in [0.15, 0.2) is 0 Å². The summed E-state index contributed by atoms with van der Waals surface area (Å²) in [4.78, 5) is 14.4. The molecule has 0 saturated carbocycles. The lowest BCUT2D eigenvalue weighted by Gasteiger charge is -2.23. The van der Waals surface area contributed by atoms with Gasteiger partial charge in [-0.15, -0.1) is 0 Å². The number of nitrogens with zero attached hydrogens (tertiary/aromatic N) is 1. The Balaban J connectivity index is 1.86. The predicted octanol–water partition coefficient (Wildman–Crippen LogP) is 4.79. The van der Waals surface area contributed by atoms with Gasteiger partial charge in [0.1, 0.15) is 5.75 Å². The van der Waals surface area contributed by atoms with Gasteiger partial charge in [-0.25, -0.2) is 0 Å². The molecule has 3 nitrogen and oxygen atoms in total. The molecule has 3 heteroatoms. The maximum Gasteiger partial charge on any atom is 0.222 e. The van der Waals surface area contributed by atoms with Crippen LogP contribution in [0.25, 0.3) is 10.8 Å². The van der Waals surface area contributed by atoms with Crippen LogP contribution in [0.5, 0.6) is 5.75 Å². The summed E-state index contributed by atoms with van der Waals surface area (Å²) < 4.78 is 5.21. The van der Waals surface area contributed by atoms with Crippen molar-refractivity contribution < 1.29 is 9.53 Å². The number of benzene rings is 3. The van der Waals surface area contributed by atoms with Crippen LogP contribution >= 0.6 is 0 Å². The van der Waals surface area contributed by atoms with Crippen molar-refractivity contribution in [2.45, 2.75) is 26.4 Å². The number of methoxy groups -OCH3 is 1. The summed E-state index contributed by atoms with van der Waals surface area (Å²) in [6.07, 6.45) is 0.501. The topological polar surface area (TPSA) is 29.5 Å². The minimum atomic E-state index is 0.156. The first-order chi connectivity index (χ1) is 12.2. The maximum absolute atomic E-state index is 12.5. The molecule has 0 bridgehead atoms. The summed E-state index contributed by atoms with van der Waals surface area (Å²) in [7, 11) is 1.66. The number of hydrogen-bond acceptors (Lipinski definition) is 2. The van der Waals surface area contributed by atoms with E-state index in [9.17, 15) is 4.79 Å².